The number of carbonyl (C=O) groups is 2. The number of ketones is 1. The Bertz CT molecular complexity index is 1460. The highest BCUT2D eigenvalue weighted by molar-refractivity contribution is 7.54. The summed E-state index contributed by atoms with van der Waals surface area (Å²) in [4.78, 5) is 26.1. The molecular formula is C36H37O7P. The van der Waals surface area contributed by atoms with Gasteiger partial charge in [0.2, 0.25) is 0 Å². The van der Waals surface area contributed by atoms with Crippen molar-refractivity contribution in [2.75, 3.05) is 27.0 Å². The van der Waals surface area contributed by atoms with Crippen LogP contribution in [-0.4, -0.2) is 44.8 Å². The Hall–Kier alpha value is -3.87. The van der Waals surface area contributed by atoms with E-state index in [0.29, 0.717) is 18.6 Å². The number of ether oxygens (including phenoxy) is 2. The largest absolute Gasteiger partial charge is 0.458 e. The second kappa shape index (κ2) is 14.3. The summed E-state index contributed by atoms with van der Waals surface area (Å²) in [5.41, 5.74) is 2.43. The quantitative estimate of drug-likeness (QED) is 0.0839. The molecule has 0 heterocycles. The fourth-order valence-corrected chi connectivity index (χ4v) is 6.88. The maximum absolute atomic E-state index is 13.2. The average molecular weight is 613 g/mol. The smallest absolute Gasteiger partial charge is 0.338 e. The summed E-state index contributed by atoms with van der Waals surface area (Å²) >= 11 is 0. The first-order valence-corrected chi connectivity index (χ1v) is 16.4. The summed E-state index contributed by atoms with van der Waals surface area (Å²) in [6, 6.07) is 39.0. The van der Waals surface area contributed by atoms with Gasteiger partial charge in [-0.05, 0) is 41.2 Å². The van der Waals surface area contributed by atoms with Gasteiger partial charge in [0.15, 0.2) is 0 Å². The molecule has 5 rings (SSSR count). The van der Waals surface area contributed by atoms with E-state index in [1.165, 1.54) is 14.2 Å². The van der Waals surface area contributed by atoms with E-state index in [1.807, 2.05) is 60.7 Å². The van der Waals surface area contributed by atoms with Gasteiger partial charge in [-0.2, -0.15) is 0 Å². The second-order valence-electron chi connectivity index (χ2n) is 10.9. The fraction of sp³-hybridized carbons (Fsp3) is 0.278. The third-order valence-electron chi connectivity index (χ3n) is 8.33. The van der Waals surface area contributed by atoms with Crippen molar-refractivity contribution in [2.45, 2.75) is 24.5 Å². The van der Waals surface area contributed by atoms with Crippen LogP contribution in [0.5, 0.6) is 0 Å². The number of hydrogen-bond donors (Lipinski definition) is 0. The van der Waals surface area contributed by atoms with Gasteiger partial charge in [-0.3, -0.25) is 9.36 Å². The van der Waals surface area contributed by atoms with E-state index in [-0.39, 0.29) is 30.2 Å². The topological polar surface area (TPSA) is 88.1 Å². The number of Topliss-reactive ketones (excluding diaryl/α,β-unsaturated/α-hetero) is 1. The van der Waals surface area contributed by atoms with Gasteiger partial charge in [-0.1, -0.05) is 109 Å². The molecule has 0 aromatic heterocycles. The monoisotopic (exact) mass is 612 g/mol. The average Bonchev–Trinajstić information content (AvgIpc) is 3.08. The number of hydrogen-bond acceptors (Lipinski definition) is 7. The van der Waals surface area contributed by atoms with Gasteiger partial charge in [-0.15, -0.1) is 0 Å². The van der Waals surface area contributed by atoms with Gasteiger partial charge >= 0.3 is 13.6 Å². The molecule has 8 heteroatoms. The third kappa shape index (κ3) is 6.92. The first-order chi connectivity index (χ1) is 21.4. The van der Waals surface area contributed by atoms with Gasteiger partial charge in [0.25, 0.3) is 0 Å². The van der Waals surface area contributed by atoms with Crippen LogP contribution in [0.2, 0.25) is 0 Å². The van der Waals surface area contributed by atoms with E-state index in [0.717, 1.165) is 16.7 Å². The van der Waals surface area contributed by atoms with E-state index < -0.39 is 25.3 Å². The zero-order valence-electron chi connectivity index (χ0n) is 24.9. The van der Waals surface area contributed by atoms with Crippen LogP contribution in [-0.2, 0) is 33.5 Å². The summed E-state index contributed by atoms with van der Waals surface area (Å²) < 4.78 is 35.7. The minimum atomic E-state index is -3.55. The van der Waals surface area contributed by atoms with Crippen molar-refractivity contribution in [3.63, 3.8) is 0 Å². The van der Waals surface area contributed by atoms with Crippen molar-refractivity contribution in [3.05, 3.63) is 144 Å². The van der Waals surface area contributed by atoms with Gasteiger partial charge < -0.3 is 18.5 Å². The first kappa shape index (κ1) is 31.6. The number of benzene rings is 4. The standard InChI is InChI=1S/C36H37O7P/c1-40-44(39,41-2)26-32(37)24-33-28(23-34(33)43-35(38)27-15-7-3-8-16-27)25-42-36(29-17-9-4-10-18-29,30-19-11-5-12-20-30)31-21-13-6-14-22-31/h3-22,28,33-34H,23-26H2,1-2H3/t28-,33+,34-/m0/s1. The summed E-state index contributed by atoms with van der Waals surface area (Å²) in [6.07, 6.45) is -0.279. The van der Waals surface area contributed by atoms with Gasteiger partial charge in [-0.25, -0.2) is 4.79 Å². The number of rotatable bonds is 14. The highest BCUT2D eigenvalue weighted by Crippen LogP contribution is 2.49. The molecule has 4 aromatic rings. The van der Waals surface area contributed by atoms with Crippen molar-refractivity contribution in [1.29, 1.82) is 0 Å². The molecule has 0 aliphatic heterocycles. The van der Waals surface area contributed by atoms with Gasteiger partial charge in [0, 0.05) is 26.6 Å². The molecule has 0 spiro atoms. The molecule has 0 N–H and O–H groups in total. The van der Waals surface area contributed by atoms with E-state index in [1.54, 1.807) is 24.3 Å². The van der Waals surface area contributed by atoms with Crippen LogP contribution < -0.4 is 0 Å². The molecule has 1 saturated carbocycles. The van der Waals surface area contributed by atoms with Crippen LogP contribution in [0.3, 0.4) is 0 Å². The number of carbonyl (C=O) groups excluding carboxylic acids is 2. The van der Waals surface area contributed by atoms with E-state index >= 15 is 0 Å². The number of esters is 1. The molecule has 0 radical (unpaired) electrons. The second-order valence-corrected chi connectivity index (χ2v) is 13.2. The molecule has 1 fully saturated rings. The summed E-state index contributed by atoms with van der Waals surface area (Å²) in [5.74, 6) is -1.17. The Morgan fingerprint density at radius 2 is 1.18 bits per heavy atom. The van der Waals surface area contributed by atoms with Crippen LogP contribution in [0, 0.1) is 11.8 Å². The Morgan fingerprint density at radius 1 is 0.727 bits per heavy atom. The van der Waals surface area contributed by atoms with E-state index in [2.05, 4.69) is 36.4 Å². The molecule has 0 bridgehead atoms. The Morgan fingerprint density at radius 3 is 1.64 bits per heavy atom. The highest BCUT2D eigenvalue weighted by atomic mass is 31.2. The van der Waals surface area contributed by atoms with Crippen LogP contribution in [0.4, 0.5) is 0 Å². The van der Waals surface area contributed by atoms with Gasteiger partial charge in [0.05, 0.1) is 12.2 Å². The van der Waals surface area contributed by atoms with Crippen molar-refractivity contribution in [2.24, 2.45) is 11.8 Å². The molecule has 7 nitrogen and oxygen atoms in total. The predicted octanol–water partition coefficient (Wildman–Crippen LogP) is 7.30. The van der Waals surface area contributed by atoms with Crippen molar-refractivity contribution in [3.8, 4) is 0 Å². The molecule has 0 unspecified atom stereocenters. The summed E-state index contributed by atoms with van der Waals surface area (Å²) in [5, 5.41) is 0. The summed E-state index contributed by atoms with van der Waals surface area (Å²) in [6.45, 7) is 0.294. The van der Waals surface area contributed by atoms with Gasteiger partial charge in [0.1, 0.15) is 23.7 Å². The Labute approximate surface area is 258 Å². The van der Waals surface area contributed by atoms with E-state index in [4.69, 9.17) is 18.5 Å². The maximum atomic E-state index is 13.2. The van der Waals surface area contributed by atoms with Crippen molar-refractivity contribution < 1.29 is 32.7 Å². The normalized spacial score (nSPS) is 18.3. The molecule has 44 heavy (non-hydrogen) atoms. The maximum Gasteiger partial charge on any atom is 0.338 e. The molecule has 228 valence electrons. The SMILES string of the molecule is COP(=O)(CC(=O)C[C@@H]1[C@H](COC(c2ccccc2)(c2ccccc2)c2ccccc2)C[C@@H]1OC(=O)c1ccccc1)OC. The van der Waals surface area contributed by atoms with E-state index in [9.17, 15) is 14.2 Å². The molecular weight excluding hydrogens is 575 g/mol. The van der Waals surface area contributed by atoms with Crippen LogP contribution in [0.25, 0.3) is 0 Å². The van der Waals surface area contributed by atoms with Crippen LogP contribution >= 0.6 is 7.60 Å². The molecule has 0 amide bonds. The molecule has 3 atom stereocenters. The minimum Gasteiger partial charge on any atom is -0.458 e. The Kier molecular flexibility index (Phi) is 10.2. The minimum absolute atomic E-state index is 0.0481. The fourth-order valence-electron chi connectivity index (χ4n) is 5.91. The molecule has 1 aliphatic carbocycles. The predicted molar refractivity (Wildman–Crippen MR) is 169 cm³/mol. The first-order valence-electron chi connectivity index (χ1n) is 14.7. The molecule has 1 aliphatic rings. The third-order valence-corrected chi connectivity index (χ3v) is 10.2. The molecule has 0 saturated heterocycles. The Balaban J connectivity index is 1.44. The van der Waals surface area contributed by atoms with Crippen molar-refractivity contribution >= 4 is 19.3 Å². The lowest BCUT2D eigenvalue weighted by atomic mass is 9.68. The zero-order chi connectivity index (χ0) is 31.0. The van der Waals surface area contributed by atoms with Crippen LogP contribution in [0.1, 0.15) is 39.9 Å². The lowest BCUT2D eigenvalue weighted by Crippen LogP contribution is -2.49. The van der Waals surface area contributed by atoms with Crippen LogP contribution in [0.15, 0.2) is 121 Å². The van der Waals surface area contributed by atoms with Crippen molar-refractivity contribution in [1.82, 2.24) is 0 Å². The summed E-state index contributed by atoms with van der Waals surface area (Å²) in [7, 11) is -1.02. The zero-order valence-corrected chi connectivity index (χ0v) is 25.8. The highest BCUT2D eigenvalue weighted by Gasteiger charge is 2.47. The lowest BCUT2D eigenvalue weighted by molar-refractivity contribution is -0.130. The lowest BCUT2D eigenvalue weighted by Gasteiger charge is -2.46. The molecule has 4 aromatic carbocycles.